The first-order valence-corrected chi connectivity index (χ1v) is 10.5. The van der Waals surface area contributed by atoms with Gasteiger partial charge in [-0.05, 0) is 41.0 Å². The highest BCUT2D eigenvalue weighted by molar-refractivity contribution is 6.46. The second-order valence-electron chi connectivity index (χ2n) is 7.61. The predicted octanol–water partition coefficient (Wildman–Crippen LogP) is 4.66. The molecule has 0 radical (unpaired) electrons. The molecule has 0 bridgehead atoms. The molecule has 1 atom stereocenters. The molecule has 164 valence electrons. The van der Waals surface area contributed by atoms with Crippen LogP contribution in [0.2, 0.25) is 5.02 Å². The molecule has 1 heterocycles. The third-order valence-electron chi connectivity index (χ3n) is 5.60. The first-order chi connectivity index (χ1) is 15.4. The summed E-state index contributed by atoms with van der Waals surface area (Å²) in [6.07, 6.45) is 0.516. The summed E-state index contributed by atoms with van der Waals surface area (Å²) < 4.78 is 5.09. The molecule has 3 aromatic carbocycles. The average molecular weight is 452 g/mol. The van der Waals surface area contributed by atoms with E-state index in [4.69, 9.17) is 16.3 Å². The van der Waals surface area contributed by atoms with Crippen molar-refractivity contribution in [3.8, 4) is 5.75 Å². The van der Waals surface area contributed by atoms with Crippen molar-refractivity contribution in [3.63, 3.8) is 0 Å². The fraction of sp³-hybridized carbons (Fsp3) is 0.200. The van der Waals surface area contributed by atoms with Crippen LogP contribution in [0, 0.1) is 0 Å². The number of amides is 1. The van der Waals surface area contributed by atoms with Gasteiger partial charge in [-0.1, -0.05) is 54.1 Å². The standard InChI is InChI=1S/C25H22ClNO5/c1-32-12-4-11-27-22(17-9-10-20(28)19(26)14-17)21(24(30)25(27)31)23(29)18-8-7-15-5-2-3-6-16(15)13-18/h2-3,5-10,13-14,22,28-29H,4,11-12H2,1H3/b23-21-. The molecular formula is C25H22ClNO5. The van der Waals surface area contributed by atoms with Crippen molar-refractivity contribution in [3.05, 3.63) is 82.4 Å². The summed E-state index contributed by atoms with van der Waals surface area (Å²) in [6.45, 7) is 0.673. The molecule has 0 aromatic heterocycles. The predicted molar refractivity (Wildman–Crippen MR) is 123 cm³/mol. The Morgan fingerprint density at radius 2 is 1.81 bits per heavy atom. The Bertz CT molecular complexity index is 1240. The highest BCUT2D eigenvalue weighted by Gasteiger charge is 2.45. The summed E-state index contributed by atoms with van der Waals surface area (Å²) in [7, 11) is 1.56. The Labute approximate surface area is 190 Å². The zero-order valence-electron chi connectivity index (χ0n) is 17.4. The van der Waals surface area contributed by atoms with Gasteiger partial charge in [-0.3, -0.25) is 9.59 Å². The lowest BCUT2D eigenvalue weighted by atomic mass is 9.94. The van der Waals surface area contributed by atoms with Gasteiger partial charge < -0.3 is 19.8 Å². The fourth-order valence-corrected chi connectivity index (χ4v) is 4.21. The van der Waals surface area contributed by atoms with Crippen LogP contribution in [0.25, 0.3) is 16.5 Å². The minimum absolute atomic E-state index is 0.00976. The van der Waals surface area contributed by atoms with Crippen molar-refractivity contribution in [2.75, 3.05) is 20.3 Å². The van der Waals surface area contributed by atoms with E-state index in [1.165, 1.54) is 17.0 Å². The van der Waals surface area contributed by atoms with Crippen molar-refractivity contribution < 1.29 is 24.5 Å². The lowest BCUT2D eigenvalue weighted by molar-refractivity contribution is -0.140. The van der Waals surface area contributed by atoms with Gasteiger partial charge in [-0.2, -0.15) is 0 Å². The van der Waals surface area contributed by atoms with Gasteiger partial charge in [-0.25, -0.2) is 0 Å². The SMILES string of the molecule is COCCCN1C(=O)C(=O)/C(=C(\O)c2ccc3ccccc3c2)C1c1ccc(O)c(Cl)c1. The molecule has 1 unspecified atom stereocenters. The molecular weight excluding hydrogens is 430 g/mol. The van der Waals surface area contributed by atoms with E-state index in [1.807, 2.05) is 30.3 Å². The highest BCUT2D eigenvalue weighted by Crippen LogP contribution is 2.41. The maximum atomic E-state index is 13.0. The first kappa shape index (κ1) is 21.9. The minimum Gasteiger partial charge on any atom is -0.507 e. The molecule has 2 N–H and O–H groups in total. The number of aliphatic hydroxyl groups is 1. The maximum absolute atomic E-state index is 13.0. The van der Waals surface area contributed by atoms with Gasteiger partial charge in [-0.15, -0.1) is 0 Å². The number of aliphatic hydroxyl groups excluding tert-OH is 1. The fourth-order valence-electron chi connectivity index (χ4n) is 4.02. The summed E-state index contributed by atoms with van der Waals surface area (Å²) in [5, 5.41) is 23.0. The van der Waals surface area contributed by atoms with Gasteiger partial charge in [0.1, 0.15) is 11.5 Å². The lowest BCUT2D eigenvalue weighted by Gasteiger charge is -2.25. The van der Waals surface area contributed by atoms with E-state index in [9.17, 15) is 19.8 Å². The number of likely N-dealkylation sites (tertiary alicyclic amines) is 1. The van der Waals surface area contributed by atoms with Crippen molar-refractivity contribution in [1.82, 2.24) is 4.90 Å². The number of benzene rings is 3. The van der Waals surface area contributed by atoms with Gasteiger partial charge in [0.2, 0.25) is 0 Å². The van der Waals surface area contributed by atoms with E-state index in [0.717, 1.165) is 10.8 Å². The number of hydrogen-bond acceptors (Lipinski definition) is 5. The van der Waals surface area contributed by atoms with E-state index in [2.05, 4.69) is 0 Å². The maximum Gasteiger partial charge on any atom is 0.295 e. The monoisotopic (exact) mass is 451 g/mol. The van der Waals surface area contributed by atoms with Crippen LogP contribution in [-0.2, 0) is 14.3 Å². The molecule has 0 aliphatic carbocycles. The van der Waals surface area contributed by atoms with Gasteiger partial charge in [0, 0.05) is 25.8 Å². The number of ether oxygens (including phenoxy) is 1. The number of phenolic OH excluding ortho intramolecular Hbond substituents is 1. The largest absolute Gasteiger partial charge is 0.507 e. The van der Waals surface area contributed by atoms with Crippen molar-refractivity contribution >= 4 is 39.8 Å². The molecule has 1 saturated heterocycles. The van der Waals surface area contributed by atoms with Gasteiger partial charge in [0.25, 0.3) is 11.7 Å². The molecule has 0 saturated carbocycles. The number of Topliss-reactive ketones (excluding diaryl/α,β-unsaturated/α-hetero) is 1. The van der Waals surface area contributed by atoms with E-state index in [1.54, 1.807) is 25.3 Å². The molecule has 1 aliphatic heterocycles. The Morgan fingerprint density at radius 3 is 2.53 bits per heavy atom. The van der Waals surface area contributed by atoms with Crippen molar-refractivity contribution in [2.45, 2.75) is 12.5 Å². The number of aromatic hydroxyl groups is 1. The number of ketones is 1. The Morgan fingerprint density at radius 1 is 1.06 bits per heavy atom. The van der Waals surface area contributed by atoms with Crippen LogP contribution in [0.4, 0.5) is 0 Å². The number of carbonyl (C=O) groups excluding carboxylic acids is 2. The summed E-state index contributed by atoms with van der Waals surface area (Å²) in [4.78, 5) is 27.4. The Hall–Kier alpha value is -3.35. The highest BCUT2D eigenvalue weighted by atomic mass is 35.5. The third-order valence-corrected chi connectivity index (χ3v) is 5.90. The van der Waals surface area contributed by atoms with Crippen LogP contribution >= 0.6 is 11.6 Å². The van der Waals surface area contributed by atoms with Crippen LogP contribution in [0.5, 0.6) is 5.75 Å². The molecule has 32 heavy (non-hydrogen) atoms. The second kappa shape index (κ2) is 9.02. The van der Waals surface area contributed by atoms with Crippen LogP contribution in [0.15, 0.2) is 66.2 Å². The number of hydrogen-bond donors (Lipinski definition) is 2. The van der Waals surface area contributed by atoms with Crippen LogP contribution in [0.3, 0.4) is 0 Å². The number of fused-ring (bicyclic) bond motifs is 1. The van der Waals surface area contributed by atoms with E-state index in [-0.39, 0.29) is 28.6 Å². The zero-order valence-corrected chi connectivity index (χ0v) is 18.2. The normalized spacial score (nSPS) is 17.9. The molecule has 3 aromatic rings. The van der Waals surface area contributed by atoms with Crippen LogP contribution < -0.4 is 0 Å². The molecule has 1 fully saturated rings. The van der Waals surface area contributed by atoms with Gasteiger partial charge in [0.15, 0.2) is 0 Å². The van der Waals surface area contributed by atoms with E-state index < -0.39 is 17.7 Å². The number of carbonyl (C=O) groups is 2. The zero-order chi connectivity index (χ0) is 22.8. The molecule has 1 aliphatic rings. The van der Waals surface area contributed by atoms with E-state index in [0.29, 0.717) is 24.2 Å². The summed E-state index contributed by atoms with van der Waals surface area (Å²) in [5.74, 6) is -1.82. The molecule has 4 rings (SSSR count). The number of nitrogens with zero attached hydrogens (tertiary/aromatic N) is 1. The number of halogens is 1. The van der Waals surface area contributed by atoms with Crippen LogP contribution in [-0.4, -0.2) is 47.1 Å². The Kier molecular flexibility index (Phi) is 6.17. The number of rotatable bonds is 6. The topological polar surface area (TPSA) is 87.1 Å². The molecule has 1 amide bonds. The lowest BCUT2D eigenvalue weighted by Crippen LogP contribution is -2.31. The number of phenols is 1. The third kappa shape index (κ3) is 3.95. The minimum atomic E-state index is -0.837. The molecule has 7 heteroatoms. The second-order valence-corrected chi connectivity index (χ2v) is 8.02. The summed E-state index contributed by atoms with van der Waals surface area (Å²) >= 11 is 6.11. The average Bonchev–Trinajstić information content (AvgIpc) is 3.05. The van der Waals surface area contributed by atoms with Crippen molar-refractivity contribution in [1.29, 1.82) is 0 Å². The Balaban J connectivity index is 1.86. The molecule has 6 nitrogen and oxygen atoms in total. The van der Waals surface area contributed by atoms with Gasteiger partial charge in [0.05, 0.1) is 16.6 Å². The smallest absolute Gasteiger partial charge is 0.295 e. The summed E-state index contributed by atoms with van der Waals surface area (Å²) in [6, 6.07) is 16.7. The quantitative estimate of drug-likeness (QED) is 0.246. The summed E-state index contributed by atoms with van der Waals surface area (Å²) in [5.41, 5.74) is 0.949. The molecule has 0 spiro atoms. The van der Waals surface area contributed by atoms with Crippen LogP contribution in [0.1, 0.15) is 23.6 Å². The van der Waals surface area contributed by atoms with Gasteiger partial charge >= 0.3 is 0 Å². The number of methoxy groups -OCH3 is 1. The first-order valence-electron chi connectivity index (χ1n) is 10.2. The van der Waals surface area contributed by atoms with E-state index >= 15 is 0 Å². The van der Waals surface area contributed by atoms with Crippen molar-refractivity contribution in [2.24, 2.45) is 0 Å².